The van der Waals surface area contributed by atoms with Gasteiger partial charge in [0.25, 0.3) is 10.0 Å². The van der Waals surface area contributed by atoms with Crippen LogP contribution in [0.3, 0.4) is 0 Å². The quantitative estimate of drug-likeness (QED) is 0.814. The number of sulfonamides is 1. The third kappa shape index (κ3) is 4.25. The van der Waals surface area contributed by atoms with Crippen molar-refractivity contribution in [2.24, 2.45) is 0 Å². The van der Waals surface area contributed by atoms with Gasteiger partial charge in [-0.15, -0.1) is 0 Å². The van der Waals surface area contributed by atoms with Gasteiger partial charge in [-0.1, -0.05) is 18.2 Å². The Morgan fingerprint density at radius 1 is 0.875 bits per heavy atom. The summed E-state index contributed by atoms with van der Waals surface area (Å²) in [7, 11) is -4.48. The van der Waals surface area contributed by atoms with Crippen LogP contribution >= 0.6 is 0 Å². The van der Waals surface area contributed by atoms with Gasteiger partial charge in [-0.2, -0.15) is 12.7 Å². The zero-order valence-corrected chi connectivity index (χ0v) is 15.1. The van der Waals surface area contributed by atoms with Crippen LogP contribution in [-0.4, -0.2) is 35.2 Å². The van der Waals surface area contributed by atoms with Gasteiger partial charge in [-0.25, -0.2) is 8.42 Å². The van der Waals surface area contributed by atoms with Gasteiger partial charge in [0.05, 0.1) is 16.3 Å². The Balaban J connectivity index is 2.25. The van der Waals surface area contributed by atoms with Gasteiger partial charge in [0.2, 0.25) is 0 Å². The Morgan fingerprint density at radius 2 is 1.50 bits per heavy atom. The largest absolute Gasteiger partial charge is 0.301 e. The highest BCUT2D eigenvalue weighted by Crippen LogP contribution is 2.23. The van der Waals surface area contributed by atoms with Gasteiger partial charge in [-0.3, -0.25) is 9.44 Å². The summed E-state index contributed by atoms with van der Waals surface area (Å²) in [6, 6.07) is 12.6. The average Bonchev–Trinajstić information content (AvgIpc) is 2.50. The lowest BCUT2D eigenvalue weighted by Crippen LogP contribution is -2.28. The predicted molar refractivity (Wildman–Crippen MR) is 94.7 cm³/mol. The van der Waals surface area contributed by atoms with Crippen molar-refractivity contribution >= 4 is 31.6 Å². The first-order valence-electron chi connectivity index (χ1n) is 7.00. The predicted octanol–water partition coefficient (Wildman–Crippen LogP) is 2.01. The molecule has 24 heavy (non-hydrogen) atoms. The van der Waals surface area contributed by atoms with E-state index in [1.807, 2.05) is 0 Å². The zero-order valence-electron chi connectivity index (χ0n) is 13.5. The molecule has 0 saturated carbocycles. The second-order valence-electron chi connectivity index (χ2n) is 5.34. The maximum atomic E-state index is 12.3. The van der Waals surface area contributed by atoms with E-state index in [4.69, 9.17) is 0 Å². The lowest BCUT2D eigenvalue weighted by atomic mass is 10.2. The fourth-order valence-corrected chi connectivity index (χ4v) is 3.64. The minimum atomic E-state index is -3.69. The van der Waals surface area contributed by atoms with Crippen LogP contribution in [0.4, 0.5) is 11.4 Å². The molecule has 2 aromatic rings. The number of nitrogens with zero attached hydrogens (tertiary/aromatic N) is 1. The van der Waals surface area contributed by atoms with Crippen molar-refractivity contribution in [2.75, 3.05) is 23.5 Å². The number of rotatable bonds is 6. The van der Waals surface area contributed by atoms with Crippen LogP contribution in [0.15, 0.2) is 53.4 Å². The summed E-state index contributed by atoms with van der Waals surface area (Å²) in [6.07, 6.45) is 0. The summed E-state index contributed by atoms with van der Waals surface area (Å²) in [5, 5.41) is 0. The fourth-order valence-electron chi connectivity index (χ4n) is 1.89. The van der Waals surface area contributed by atoms with Crippen LogP contribution in [0.1, 0.15) is 5.56 Å². The maximum absolute atomic E-state index is 12.3. The number of hydrogen-bond donors (Lipinski definition) is 2. The first kappa shape index (κ1) is 18.2. The molecular weight excluding hydrogens is 350 g/mol. The normalized spacial score (nSPS) is 12.2. The topological polar surface area (TPSA) is 95.6 Å². The number of aryl methyl sites for hydroxylation is 1. The highest BCUT2D eigenvalue weighted by atomic mass is 32.2. The van der Waals surface area contributed by atoms with Crippen LogP contribution < -0.4 is 9.44 Å². The summed E-state index contributed by atoms with van der Waals surface area (Å²) in [4.78, 5) is 0.154. The molecule has 0 saturated heterocycles. The smallest absolute Gasteiger partial charge is 0.279 e. The Labute approximate surface area is 142 Å². The minimum absolute atomic E-state index is 0.154. The summed E-state index contributed by atoms with van der Waals surface area (Å²) in [5.41, 5.74) is 1.32. The molecule has 0 unspecified atom stereocenters. The lowest BCUT2D eigenvalue weighted by molar-refractivity contribution is 0.527. The molecule has 130 valence electrons. The summed E-state index contributed by atoms with van der Waals surface area (Å²) in [5.74, 6) is 0. The van der Waals surface area contributed by atoms with Crippen molar-refractivity contribution in [3.8, 4) is 0 Å². The van der Waals surface area contributed by atoms with Gasteiger partial charge < -0.3 is 0 Å². The molecule has 0 radical (unpaired) electrons. The zero-order chi connectivity index (χ0) is 18.0. The van der Waals surface area contributed by atoms with Crippen molar-refractivity contribution in [1.29, 1.82) is 0 Å². The molecule has 9 heteroatoms. The molecule has 0 aliphatic heterocycles. The molecule has 0 amide bonds. The SMILES string of the molecule is Cc1cc(NS(=O)(=O)N(C)C)ccc1NS(=O)(=O)c1ccccc1. The van der Waals surface area contributed by atoms with Crippen LogP contribution in [0, 0.1) is 6.92 Å². The van der Waals surface area contributed by atoms with Crippen molar-refractivity contribution in [2.45, 2.75) is 11.8 Å². The van der Waals surface area contributed by atoms with Gasteiger partial charge in [0.15, 0.2) is 0 Å². The molecule has 0 aromatic heterocycles. The van der Waals surface area contributed by atoms with Crippen molar-refractivity contribution in [1.82, 2.24) is 4.31 Å². The Morgan fingerprint density at radius 3 is 2.04 bits per heavy atom. The molecule has 0 heterocycles. The molecule has 0 aliphatic rings. The third-order valence-electron chi connectivity index (χ3n) is 3.25. The lowest BCUT2D eigenvalue weighted by Gasteiger charge is -2.15. The Bertz CT molecular complexity index is 924. The van der Waals surface area contributed by atoms with E-state index in [9.17, 15) is 16.8 Å². The molecule has 0 atom stereocenters. The van der Waals surface area contributed by atoms with Crippen molar-refractivity contribution < 1.29 is 16.8 Å². The molecule has 7 nitrogen and oxygen atoms in total. The highest BCUT2D eigenvalue weighted by molar-refractivity contribution is 7.92. The number of anilines is 2. The monoisotopic (exact) mass is 369 g/mol. The van der Waals surface area contributed by atoms with Crippen LogP contribution in [0.2, 0.25) is 0 Å². The summed E-state index contributed by atoms with van der Waals surface area (Å²) < 4.78 is 54.2. The molecule has 2 N–H and O–H groups in total. The van der Waals surface area contributed by atoms with E-state index in [2.05, 4.69) is 9.44 Å². The molecular formula is C15H19N3O4S2. The van der Waals surface area contributed by atoms with Crippen LogP contribution in [-0.2, 0) is 20.2 Å². The van der Waals surface area contributed by atoms with E-state index in [-0.39, 0.29) is 4.90 Å². The van der Waals surface area contributed by atoms with E-state index in [1.54, 1.807) is 31.2 Å². The van der Waals surface area contributed by atoms with Gasteiger partial charge >= 0.3 is 10.2 Å². The van der Waals surface area contributed by atoms with E-state index in [0.717, 1.165) is 4.31 Å². The minimum Gasteiger partial charge on any atom is -0.279 e. The first-order valence-corrected chi connectivity index (χ1v) is 9.93. The van der Waals surface area contributed by atoms with E-state index >= 15 is 0 Å². The third-order valence-corrected chi connectivity index (χ3v) is 6.09. The fraction of sp³-hybridized carbons (Fsp3) is 0.200. The molecule has 2 rings (SSSR count). The number of benzene rings is 2. The van der Waals surface area contributed by atoms with Gasteiger partial charge in [0.1, 0.15) is 0 Å². The molecule has 0 bridgehead atoms. The number of nitrogens with one attached hydrogen (secondary N) is 2. The van der Waals surface area contributed by atoms with Crippen LogP contribution in [0.25, 0.3) is 0 Å². The van der Waals surface area contributed by atoms with Crippen LogP contribution in [0.5, 0.6) is 0 Å². The van der Waals surface area contributed by atoms with Gasteiger partial charge in [-0.05, 0) is 42.8 Å². The van der Waals surface area contributed by atoms with Gasteiger partial charge in [0, 0.05) is 14.1 Å². The van der Waals surface area contributed by atoms with E-state index < -0.39 is 20.2 Å². The van der Waals surface area contributed by atoms with Crippen molar-refractivity contribution in [3.63, 3.8) is 0 Å². The maximum Gasteiger partial charge on any atom is 0.301 e. The second-order valence-corrected chi connectivity index (χ2v) is 8.90. The second kappa shape index (κ2) is 6.80. The standard InChI is InChI=1S/C15H19N3O4S2/c1-12-11-13(16-24(21,22)18(2)3)9-10-15(12)17-23(19,20)14-7-5-4-6-8-14/h4-11,16-17H,1-3H3. The molecule has 2 aromatic carbocycles. The molecule has 0 aliphatic carbocycles. The van der Waals surface area contributed by atoms with E-state index in [0.29, 0.717) is 16.9 Å². The molecule has 0 fully saturated rings. The number of hydrogen-bond acceptors (Lipinski definition) is 4. The highest BCUT2D eigenvalue weighted by Gasteiger charge is 2.16. The molecule has 0 spiro atoms. The van der Waals surface area contributed by atoms with Crippen molar-refractivity contribution in [3.05, 3.63) is 54.1 Å². The van der Waals surface area contributed by atoms with E-state index in [1.165, 1.54) is 38.4 Å². The Kier molecular flexibility index (Phi) is 5.16. The summed E-state index contributed by atoms with van der Waals surface area (Å²) >= 11 is 0. The average molecular weight is 369 g/mol. The summed E-state index contributed by atoms with van der Waals surface area (Å²) in [6.45, 7) is 1.69. The Hall–Kier alpha value is -2.10. The first-order chi connectivity index (χ1) is 11.1.